The van der Waals surface area contributed by atoms with Crippen LogP contribution in [0.15, 0.2) is 91.5 Å². The molecule has 36 heavy (non-hydrogen) atoms. The normalized spacial score (nSPS) is 17.1. The van der Waals surface area contributed by atoms with E-state index in [1.165, 1.54) is 12.1 Å². The smallest absolute Gasteiger partial charge is 0.226 e. The van der Waals surface area contributed by atoms with E-state index in [1.807, 2.05) is 53.7 Å². The van der Waals surface area contributed by atoms with E-state index in [9.17, 15) is 9.18 Å². The third-order valence-corrected chi connectivity index (χ3v) is 6.50. The summed E-state index contributed by atoms with van der Waals surface area (Å²) in [6, 6.07) is 19.3. The Bertz CT molecular complexity index is 1330. The van der Waals surface area contributed by atoms with E-state index in [1.54, 1.807) is 24.5 Å². The second-order valence-corrected chi connectivity index (χ2v) is 8.93. The van der Waals surface area contributed by atoms with Crippen LogP contribution in [0.4, 0.5) is 10.1 Å². The molecule has 0 radical (unpaired) electrons. The molecule has 1 aliphatic rings. The Kier molecular flexibility index (Phi) is 6.99. The molecule has 1 aromatic carbocycles. The highest BCUT2D eigenvalue weighted by Gasteiger charge is 2.41. The van der Waals surface area contributed by atoms with Crippen molar-refractivity contribution in [2.75, 3.05) is 11.9 Å². The number of halogens is 1. The lowest BCUT2D eigenvalue weighted by atomic mass is 10.0. The summed E-state index contributed by atoms with van der Waals surface area (Å²) in [6.07, 6.45) is 7.64. The number of aromatic nitrogens is 3. The second kappa shape index (κ2) is 10.7. The fourth-order valence-corrected chi connectivity index (χ4v) is 4.81. The molecule has 4 heterocycles. The third-order valence-electron chi connectivity index (χ3n) is 6.15. The molecule has 182 valence electrons. The summed E-state index contributed by atoms with van der Waals surface area (Å²) in [5, 5.41) is 6.82. The van der Waals surface area contributed by atoms with Crippen molar-refractivity contribution in [2.24, 2.45) is 0 Å². The van der Waals surface area contributed by atoms with Crippen LogP contribution in [0.1, 0.15) is 35.5 Å². The molecule has 1 fully saturated rings. The van der Waals surface area contributed by atoms with Crippen molar-refractivity contribution in [3.63, 3.8) is 0 Å². The van der Waals surface area contributed by atoms with E-state index in [0.717, 1.165) is 17.0 Å². The van der Waals surface area contributed by atoms with Crippen molar-refractivity contribution in [1.29, 1.82) is 0 Å². The second-order valence-electron chi connectivity index (χ2n) is 8.55. The molecule has 0 aliphatic carbocycles. The Labute approximate surface area is 214 Å². The van der Waals surface area contributed by atoms with Crippen LogP contribution < -0.4 is 10.6 Å². The molecule has 0 saturated carbocycles. The van der Waals surface area contributed by atoms with Gasteiger partial charge in [0.2, 0.25) is 5.91 Å². The molecule has 7 nitrogen and oxygen atoms in total. The average Bonchev–Trinajstić information content (AvgIpc) is 3.48. The lowest BCUT2D eigenvalue weighted by Gasteiger charge is -2.29. The van der Waals surface area contributed by atoms with Crippen molar-refractivity contribution in [3.05, 3.63) is 114 Å². The maximum atomic E-state index is 13.2. The summed E-state index contributed by atoms with van der Waals surface area (Å²) in [5.74, 6) is -0.519. The van der Waals surface area contributed by atoms with Gasteiger partial charge in [-0.05, 0) is 72.4 Å². The number of anilines is 1. The van der Waals surface area contributed by atoms with Crippen LogP contribution in [0.3, 0.4) is 0 Å². The third kappa shape index (κ3) is 5.26. The van der Waals surface area contributed by atoms with Gasteiger partial charge < -0.3 is 20.1 Å². The predicted octanol–water partition coefficient (Wildman–Crippen LogP) is 4.47. The van der Waals surface area contributed by atoms with Crippen LogP contribution in [-0.4, -0.2) is 37.0 Å². The van der Waals surface area contributed by atoms with E-state index in [-0.39, 0.29) is 30.2 Å². The van der Waals surface area contributed by atoms with Crippen molar-refractivity contribution < 1.29 is 9.18 Å². The SMILES string of the molecule is O=C(CCN1C(=S)N[C@H](c2ccccn2)[C@@H]1c1cccn1Cc1cccnc1)Nc1ccc(F)cc1. The molecule has 5 rings (SSSR count). The number of hydrogen-bond acceptors (Lipinski definition) is 4. The van der Waals surface area contributed by atoms with Crippen LogP contribution in [-0.2, 0) is 11.3 Å². The number of hydrogen-bond donors (Lipinski definition) is 2. The first kappa shape index (κ1) is 23.6. The molecule has 1 amide bonds. The molecular formula is C27H25FN6OS. The maximum absolute atomic E-state index is 13.2. The molecule has 1 aliphatic heterocycles. The minimum absolute atomic E-state index is 0.169. The number of carbonyl (C=O) groups is 1. The number of nitrogens with one attached hydrogen (secondary N) is 2. The van der Waals surface area contributed by atoms with Crippen molar-refractivity contribution >= 4 is 28.9 Å². The molecule has 9 heteroatoms. The first-order valence-corrected chi connectivity index (χ1v) is 12.1. The van der Waals surface area contributed by atoms with Crippen LogP contribution in [0, 0.1) is 5.82 Å². The molecule has 4 aromatic rings. The van der Waals surface area contributed by atoms with Crippen LogP contribution in [0.2, 0.25) is 0 Å². The Morgan fingerprint density at radius 1 is 1.06 bits per heavy atom. The highest BCUT2D eigenvalue weighted by Crippen LogP contribution is 2.39. The molecule has 0 spiro atoms. The quantitative estimate of drug-likeness (QED) is 0.348. The van der Waals surface area contributed by atoms with Crippen molar-refractivity contribution in [2.45, 2.75) is 25.0 Å². The number of benzene rings is 1. The minimum atomic E-state index is -0.348. The number of carbonyl (C=O) groups excluding carboxylic acids is 1. The zero-order chi connectivity index (χ0) is 24.9. The van der Waals surface area contributed by atoms with Gasteiger partial charge >= 0.3 is 0 Å². The van der Waals surface area contributed by atoms with E-state index < -0.39 is 0 Å². The van der Waals surface area contributed by atoms with Gasteiger partial charge in [-0.2, -0.15) is 0 Å². The Hall–Kier alpha value is -4.11. The van der Waals surface area contributed by atoms with Gasteiger partial charge in [0.25, 0.3) is 0 Å². The van der Waals surface area contributed by atoms with Gasteiger partial charge in [0.15, 0.2) is 5.11 Å². The highest BCUT2D eigenvalue weighted by atomic mass is 32.1. The van der Waals surface area contributed by atoms with Crippen LogP contribution in [0.25, 0.3) is 0 Å². The fourth-order valence-electron chi connectivity index (χ4n) is 4.47. The van der Waals surface area contributed by atoms with Gasteiger partial charge in [-0.1, -0.05) is 12.1 Å². The maximum Gasteiger partial charge on any atom is 0.226 e. The van der Waals surface area contributed by atoms with E-state index in [2.05, 4.69) is 31.2 Å². The number of rotatable bonds is 8. The lowest BCUT2D eigenvalue weighted by Crippen LogP contribution is -2.33. The Morgan fingerprint density at radius 3 is 2.67 bits per heavy atom. The monoisotopic (exact) mass is 500 g/mol. The summed E-state index contributed by atoms with van der Waals surface area (Å²) in [7, 11) is 0. The summed E-state index contributed by atoms with van der Waals surface area (Å²) in [4.78, 5) is 23.6. The average molecular weight is 501 g/mol. The van der Waals surface area contributed by atoms with Crippen molar-refractivity contribution in [1.82, 2.24) is 24.8 Å². The molecule has 2 atom stereocenters. The summed E-state index contributed by atoms with van der Waals surface area (Å²) in [5.41, 5.74) is 3.57. The van der Waals surface area contributed by atoms with Gasteiger partial charge in [0, 0.05) is 55.7 Å². The van der Waals surface area contributed by atoms with Gasteiger partial charge in [-0.3, -0.25) is 14.8 Å². The van der Waals surface area contributed by atoms with Gasteiger partial charge in [-0.25, -0.2) is 4.39 Å². The Balaban J connectivity index is 1.39. The summed E-state index contributed by atoms with van der Waals surface area (Å²) in [6.45, 7) is 1.07. The lowest BCUT2D eigenvalue weighted by molar-refractivity contribution is -0.116. The predicted molar refractivity (Wildman–Crippen MR) is 140 cm³/mol. The van der Waals surface area contributed by atoms with Gasteiger partial charge in [0.05, 0.1) is 17.8 Å². The largest absolute Gasteiger partial charge is 0.352 e. The van der Waals surface area contributed by atoms with E-state index in [4.69, 9.17) is 12.2 Å². The van der Waals surface area contributed by atoms with Gasteiger partial charge in [0.1, 0.15) is 5.82 Å². The van der Waals surface area contributed by atoms with Crippen LogP contribution in [0.5, 0.6) is 0 Å². The molecule has 0 bridgehead atoms. The number of amides is 1. The first-order chi connectivity index (χ1) is 17.6. The van der Waals surface area contributed by atoms with Gasteiger partial charge in [-0.15, -0.1) is 0 Å². The standard InChI is InChI=1S/C27H25FN6OS/c28-20-8-10-21(11-9-20)31-24(35)12-16-34-26(25(32-27(34)36)22-6-1-2-14-30-22)23-7-4-15-33(23)18-19-5-3-13-29-17-19/h1-11,13-15,17,25-26H,12,16,18H2,(H,31,35)(H,32,36)/t25-,26+/m1/s1. The topological polar surface area (TPSA) is 75.1 Å². The fraction of sp³-hybridized carbons (Fsp3) is 0.185. The van der Waals surface area contributed by atoms with Crippen LogP contribution >= 0.6 is 12.2 Å². The van der Waals surface area contributed by atoms with E-state index in [0.29, 0.717) is 23.9 Å². The Morgan fingerprint density at radius 2 is 1.92 bits per heavy atom. The summed E-state index contributed by atoms with van der Waals surface area (Å²) >= 11 is 5.73. The van der Waals surface area contributed by atoms with E-state index >= 15 is 0 Å². The number of thiocarbonyl (C=S) groups is 1. The molecule has 3 aromatic heterocycles. The molecular weight excluding hydrogens is 475 g/mol. The first-order valence-electron chi connectivity index (χ1n) is 11.7. The zero-order valence-electron chi connectivity index (χ0n) is 19.4. The zero-order valence-corrected chi connectivity index (χ0v) is 20.2. The molecule has 0 unspecified atom stereocenters. The highest BCUT2D eigenvalue weighted by molar-refractivity contribution is 7.80. The number of pyridine rings is 2. The molecule has 1 saturated heterocycles. The molecule has 2 N–H and O–H groups in total. The van der Waals surface area contributed by atoms with Crippen molar-refractivity contribution in [3.8, 4) is 0 Å². The summed E-state index contributed by atoms with van der Waals surface area (Å²) < 4.78 is 15.4. The minimum Gasteiger partial charge on any atom is -0.352 e. The number of nitrogens with zero attached hydrogens (tertiary/aromatic N) is 4.